The van der Waals surface area contributed by atoms with Gasteiger partial charge in [-0.25, -0.2) is 4.39 Å². The first-order chi connectivity index (χ1) is 9.76. The average Bonchev–Trinajstić information content (AvgIpc) is 2.90. The number of hydrogen-bond acceptors (Lipinski definition) is 2. The van der Waals surface area contributed by atoms with Crippen LogP contribution in [-0.2, 0) is 11.5 Å². The fourth-order valence-electron chi connectivity index (χ4n) is 1.86. The second-order valence-electron chi connectivity index (χ2n) is 4.17. The minimum Gasteiger partial charge on any atom is -0.361 e. The van der Waals surface area contributed by atoms with E-state index in [1.165, 1.54) is 6.07 Å². The van der Waals surface area contributed by atoms with Gasteiger partial charge in [-0.1, -0.05) is 18.2 Å². The van der Waals surface area contributed by atoms with Crippen molar-refractivity contribution in [2.45, 2.75) is 13.7 Å². The molecular weight excluding hydrogens is 255 g/mol. The van der Waals surface area contributed by atoms with Crippen molar-refractivity contribution in [2.24, 2.45) is 0 Å². The normalized spacial score (nSPS) is 11.3. The molecule has 1 heterocycles. The summed E-state index contributed by atoms with van der Waals surface area (Å²) in [5.41, 5.74) is 1.40. The lowest BCUT2D eigenvalue weighted by Gasteiger charge is -2.07. The number of allylic oxidation sites excluding steroid dienone is 1. The van der Waals surface area contributed by atoms with Gasteiger partial charge in [-0.2, -0.15) is 5.26 Å². The van der Waals surface area contributed by atoms with Crippen molar-refractivity contribution in [3.05, 3.63) is 59.7 Å². The lowest BCUT2D eigenvalue weighted by Crippen LogP contribution is -2.02. The summed E-state index contributed by atoms with van der Waals surface area (Å²) in [6.45, 7) is 2.93. The molecule has 0 saturated carbocycles. The molecule has 0 amide bonds. The first-order valence-corrected chi connectivity index (χ1v) is 6.36. The standard InChI is InChI=1S/C16H15FN2O/c1-2-20-12-19-9-5-6-14(19)10-13(11-18)15-7-3-4-8-16(15)17/h3-10H,2,12H2,1H3/b13-10+. The van der Waals surface area contributed by atoms with Gasteiger partial charge in [0.15, 0.2) is 0 Å². The van der Waals surface area contributed by atoms with Gasteiger partial charge < -0.3 is 9.30 Å². The quantitative estimate of drug-likeness (QED) is 0.777. The molecule has 1 aromatic heterocycles. The number of nitrogens with zero attached hydrogens (tertiary/aromatic N) is 2. The third-order valence-corrected chi connectivity index (χ3v) is 2.88. The molecule has 0 spiro atoms. The van der Waals surface area contributed by atoms with Gasteiger partial charge in [0.25, 0.3) is 0 Å². The summed E-state index contributed by atoms with van der Waals surface area (Å²) >= 11 is 0. The van der Waals surface area contributed by atoms with Crippen LogP contribution in [0.1, 0.15) is 18.2 Å². The zero-order chi connectivity index (χ0) is 14.4. The van der Waals surface area contributed by atoms with E-state index in [0.29, 0.717) is 24.5 Å². The van der Waals surface area contributed by atoms with Crippen LogP contribution in [-0.4, -0.2) is 11.2 Å². The molecule has 0 aliphatic carbocycles. The maximum Gasteiger partial charge on any atom is 0.131 e. The van der Waals surface area contributed by atoms with Crippen molar-refractivity contribution in [1.29, 1.82) is 5.26 Å². The molecule has 2 rings (SSSR count). The van der Waals surface area contributed by atoms with Gasteiger partial charge in [0.1, 0.15) is 12.5 Å². The first kappa shape index (κ1) is 14.0. The van der Waals surface area contributed by atoms with Crippen LogP contribution in [0.5, 0.6) is 0 Å². The number of rotatable bonds is 5. The summed E-state index contributed by atoms with van der Waals surface area (Å²) in [5.74, 6) is -0.400. The smallest absolute Gasteiger partial charge is 0.131 e. The van der Waals surface area contributed by atoms with Crippen molar-refractivity contribution in [3.8, 4) is 6.07 Å². The van der Waals surface area contributed by atoms with Crippen molar-refractivity contribution >= 4 is 11.6 Å². The van der Waals surface area contributed by atoms with Crippen LogP contribution >= 0.6 is 0 Å². The van der Waals surface area contributed by atoms with Crippen LogP contribution in [0.15, 0.2) is 42.6 Å². The second kappa shape index (κ2) is 6.69. The van der Waals surface area contributed by atoms with E-state index in [4.69, 9.17) is 4.74 Å². The van der Waals surface area contributed by atoms with Gasteiger partial charge in [-0.15, -0.1) is 0 Å². The molecule has 1 aromatic carbocycles. The molecule has 0 fully saturated rings. The molecule has 0 radical (unpaired) electrons. The highest BCUT2D eigenvalue weighted by Gasteiger charge is 2.08. The van der Waals surface area contributed by atoms with E-state index in [0.717, 1.165) is 5.69 Å². The molecule has 0 bridgehead atoms. The van der Waals surface area contributed by atoms with Crippen LogP contribution < -0.4 is 0 Å². The van der Waals surface area contributed by atoms with E-state index in [1.807, 2.05) is 35.9 Å². The Hall–Kier alpha value is -2.38. The molecule has 0 saturated heterocycles. The Morgan fingerprint density at radius 3 is 2.85 bits per heavy atom. The Bertz CT molecular complexity index is 652. The molecule has 4 heteroatoms. The predicted molar refractivity (Wildman–Crippen MR) is 75.9 cm³/mol. The first-order valence-electron chi connectivity index (χ1n) is 6.36. The third-order valence-electron chi connectivity index (χ3n) is 2.88. The number of aromatic nitrogens is 1. The molecule has 0 atom stereocenters. The van der Waals surface area contributed by atoms with Gasteiger partial charge in [0.2, 0.25) is 0 Å². The molecular formula is C16H15FN2O. The summed E-state index contributed by atoms with van der Waals surface area (Å²) < 4.78 is 20.9. The topological polar surface area (TPSA) is 38.0 Å². The van der Waals surface area contributed by atoms with Gasteiger partial charge in [-0.05, 0) is 31.2 Å². The second-order valence-corrected chi connectivity index (χ2v) is 4.17. The van der Waals surface area contributed by atoms with E-state index in [-0.39, 0.29) is 0 Å². The monoisotopic (exact) mass is 270 g/mol. The van der Waals surface area contributed by atoms with E-state index in [1.54, 1.807) is 24.3 Å². The molecule has 20 heavy (non-hydrogen) atoms. The van der Waals surface area contributed by atoms with Crippen molar-refractivity contribution < 1.29 is 9.13 Å². The lowest BCUT2D eigenvalue weighted by atomic mass is 10.1. The summed E-state index contributed by atoms with van der Waals surface area (Å²) in [6, 6.07) is 12.0. The lowest BCUT2D eigenvalue weighted by molar-refractivity contribution is 0.0877. The maximum atomic E-state index is 13.7. The van der Waals surface area contributed by atoms with E-state index >= 15 is 0 Å². The van der Waals surface area contributed by atoms with Crippen molar-refractivity contribution in [3.63, 3.8) is 0 Å². The van der Waals surface area contributed by atoms with Crippen LogP contribution in [0, 0.1) is 17.1 Å². The molecule has 0 aliphatic rings. The molecule has 0 N–H and O–H groups in total. The number of hydrogen-bond donors (Lipinski definition) is 0. The number of halogens is 1. The maximum absolute atomic E-state index is 13.7. The fourth-order valence-corrected chi connectivity index (χ4v) is 1.86. The summed E-state index contributed by atoms with van der Waals surface area (Å²) in [4.78, 5) is 0. The number of nitriles is 1. The Balaban J connectivity index is 2.36. The van der Waals surface area contributed by atoms with Gasteiger partial charge in [0.05, 0.1) is 11.6 Å². The third kappa shape index (κ3) is 3.14. The van der Waals surface area contributed by atoms with Gasteiger partial charge in [-0.3, -0.25) is 0 Å². The van der Waals surface area contributed by atoms with E-state index in [2.05, 4.69) is 0 Å². The highest BCUT2D eigenvalue weighted by atomic mass is 19.1. The van der Waals surface area contributed by atoms with Crippen molar-refractivity contribution in [2.75, 3.05) is 6.61 Å². The average molecular weight is 270 g/mol. The molecule has 2 aromatic rings. The minimum atomic E-state index is -0.400. The summed E-state index contributed by atoms with van der Waals surface area (Å²) in [6.07, 6.45) is 3.52. The highest BCUT2D eigenvalue weighted by Crippen LogP contribution is 2.20. The predicted octanol–water partition coefficient (Wildman–Crippen LogP) is 3.69. The van der Waals surface area contributed by atoms with Crippen LogP contribution in [0.25, 0.3) is 11.6 Å². The fraction of sp³-hybridized carbons (Fsp3) is 0.188. The Morgan fingerprint density at radius 2 is 2.15 bits per heavy atom. The van der Waals surface area contributed by atoms with Gasteiger partial charge in [0, 0.05) is 24.1 Å². The number of benzene rings is 1. The Morgan fingerprint density at radius 1 is 1.35 bits per heavy atom. The summed E-state index contributed by atoms with van der Waals surface area (Å²) in [7, 11) is 0. The van der Waals surface area contributed by atoms with Crippen molar-refractivity contribution in [1.82, 2.24) is 4.57 Å². The molecule has 0 aliphatic heterocycles. The highest BCUT2D eigenvalue weighted by molar-refractivity contribution is 5.89. The van der Waals surface area contributed by atoms with Crippen LogP contribution in [0.4, 0.5) is 4.39 Å². The Kier molecular flexibility index (Phi) is 4.70. The van der Waals surface area contributed by atoms with E-state index in [9.17, 15) is 9.65 Å². The largest absolute Gasteiger partial charge is 0.361 e. The van der Waals surface area contributed by atoms with Gasteiger partial charge >= 0.3 is 0 Å². The number of ether oxygens (including phenoxy) is 1. The minimum absolute atomic E-state index is 0.291. The Labute approximate surface area is 117 Å². The SMILES string of the molecule is CCOCn1cccc1/C=C(\C#N)c1ccccc1F. The van der Waals surface area contributed by atoms with Crippen LogP contribution in [0.3, 0.4) is 0 Å². The van der Waals surface area contributed by atoms with E-state index < -0.39 is 5.82 Å². The summed E-state index contributed by atoms with van der Waals surface area (Å²) in [5, 5.41) is 9.24. The molecule has 3 nitrogen and oxygen atoms in total. The zero-order valence-electron chi connectivity index (χ0n) is 11.2. The molecule has 0 unspecified atom stereocenters. The zero-order valence-corrected chi connectivity index (χ0v) is 11.2. The molecule has 102 valence electrons. The van der Waals surface area contributed by atoms with Crippen LogP contribution in [0.2, 0.25) is 0 Å².